The molecule has 1 N–H and O–H groups in total. The van der Waals surface area contributed by atoms with Crippen LogP contribution in [0, 0.1) is 11.3 Å². The van der Waals surface area contributed by atoms with Crippen molar-refractivity contribution in [2.75, 3.05) is 24.5 Å². The molecule has 0 spiro atoms. The van der Waals surface area contributed by atoms with Gasteiger partial charge in [-0.15, -0.1) is 12.4 Å². The quantitative estimate of drug-likeness (QED) is 0.668. The number of fused-ring (bicyclic) bond motifs is 1. The maximum absolute atomic E-state index is 9.22. The normalized spacial score (nSPS) is 16.6. The Hall–Kier alpha value is -2.10. The zero-order valence-corrected chi connectivity index (χ0v) is 16.5. The van der Waals surface area contributed by atoms with Gasteiger partial charge in [-0.25, -0.2) is 9.97 Å². The summed E-state index contributed by atoms with van der Waals surface area (Å²) in [5.41, 5.74) is 2.66. The first-order valence-corrected chi connectivity index (χ1v) is 8.99. The van der Waals surface area contributed by atoms with Gasteiger partial charge in [-0.1, -0.05) is 35.3 Å². The molecule has 8 heteroatoms. The van der Waals surface area contributed by atoms with Crippen LogP contribution < -0.4 is 10.2 Å². The summed E-state index contributed by atoms with van der Waals surface area (Å²) in [6.45, 7) is 2.10. The van der Waals surface area contributed by atoms with Gasteiger partial charge in [0.05, 0.1) is 16.6 Å². The summed E-state index contributed by atoms with van der Waals surface area (Å²) >= 11 is 12.5. The second kappa shape index (κ2) is 8.28. The topological polar surface area (TPSA) is 64.8 Å². The molecule has 1 saturated heterocycles. The molecule has 0 saturated carbocycles. The molecule has 1 aromatic heterocycles. The maximum atomic E-state index is 9.22. The van der Waals surface area contributed by atoms with Gasteiger partial charge in [0.25, 0.3) is 0 Å². The van der Waals surface area contributed by atoms with Crippen molar-refractivity contribution in [2.24, 2.45) is 0 Å². The van der Waals surface area contributed by atoms with E-state index in [4.69, 9.17) is 23.2 Å². The third-order valence-corrected chi connectivity index (χ3v) is 5.05. The number of aromatic nitrogens is 2. The summed E-state index contributed by atoms with van der Waals surface area (Å²) in [7, 11) is 0. The minimum Gasteiger partial charge on any atom is -0.352 e. The van der Waals surface area contributed by atoms with Crippen LogP contribution in [0.3, 0.4) is 0 Å². The molecular formula is C19H16Cl3N5. The molecule has 27 heavy (non-hydrogen) atoms. The Bertz CT molecular complexity index is 1000. The first kappa shape index (κ1) is 19.7. The van der Waals surface area contributed by atoms with E-state index in [1.807, 2.05) is 36.4 Å². The third kappa shape index (κ3) is 3.95. The molecular weight excluding hydrogens is 405 g/mol. The zero-order chi connectivity index (χ0) is 18.1. The molecule has 2 heterocycles. The molecule has 0 bridgehead atoms. The predicted molar refractivity (Wildman–Crippen MR) is 112 cm³/mol. The van der Waals surface area contributed by atoms with E-state index in [0.29, 0.717) is 16.6 Å². The van der Waals surface area contributed by atoms with Crippen molar-refractivity contribution < 1.29 is 0 Å². The van der Waals surface area contributed by atoms with Crippen molar-refractivity contribution in [2.45, 2.75) is 6.04 Å². The van der Waals surface area contributed by atoms with Crippen LogP contribution in [0.15, 0.2) is 42.7 Å². The standard InChI is InChI=1S/C19H15Cl2N5.ClH/c20-13-3-1-12(2-4-13)15-7-16-18(8-17(15)21)24-11-25-19(16)26-6-5-23-14(9-22)10-26;/h1-4,7-8,11,14,23H,5-6,10H2;1H. The number of halogens is 3. The summed E-state index contributed by atoms with van der Waals surface area (Å²) in [4.78, 5) is 11.0. The Morgan fingerprint density at radius 1 is 1.15 bits per heavy atom. The zero-order valence-electron chi connectivity index (χ0n) is 14.2. The molecule has 1 atom stereocenters. The molecule has 0 radical (unpaired) electrons. The van der Waals surface area contributed by atoms with Gasteiger partial charge in [0.15, 0.2) is 0 Å². The monoisotopic (exact) mass is 419 g/mol. The fourth-order valence-corrected chi connectivity index (χ4v) is 3.59. The van der Waals surface area contributed by atoms with Gasteiger partial charge in [-0.3, -0.25) is 5.32 Å². The van der Waals surface area contributed by atoms with Crippen molar-refractivity contribution in [1.82, 2.24) is 15.3 Å². The Labute approximate surface area is 173 Å². The minimum atomic E-state index is -0.211. The minimum absolute atomic E-state index is 0. The molecule has 4 rings (SSSR count). The van der Waals surface area contributed by atoms with Gasteiger partial charge in [0, 0.05) is 35.6 Å². The van der Waals surface area contributed by atoms with Crippen LogP contribution in [-0.4, -0.2) is 35.6 Å². The predicted octanol–water partition coefficient (Wildman–Crippen LogP) is 4.33. The lowest BCUT2D eigenvalue weighted by molar-refractivity contribution is 0.522. The highest BCUT2D eigenvalue weighted by Crippen LogP contribution is 2.35. The van der Waals surface area contributed by atoms with E-state index < -0.39 is 0 Å². The highest BCUT2D eigenvalue weighted by atomic mass is 35.5. The number of anilines is 1. The van der Waals surface area contributed by atoms with Gasteiger partial charge in [0.2, 0.25) is 0 Å². The van der Waals surface area contributed by atoms with Crippen LogP contribution >= 0.6 is 35.6 Å². The Balaban J connectivity index is 0.00000210. The molecule has 0 amide bonds. The molecule has 3 aromatic rings. The lowest BCUT2D eigenvalue weighted by Crippen LogP contribution is -2.50. The van der Waals surface area contributed by atoms with Crippen LogP contribution in [0.25, 0.3) is 22.0 Å². The number of nitrogens with one attached hydrogen (secondary N) is 1. The number of nitrogens with zero attached hydrogens (tertiary/aromatic N) is 4. The van der Waals surface area contributed by atoms with Crippen LogP contribution in [0.5, 0.6) is 0 Å². The van der Waals surface area contributed by atoms with E-state index in [0.717, 1.165) is 40.9 Å². The largest absolute Gasteiger partial charge is 0.352 e. The average Bonchev–Trinajstić information content (AvgIpc) is 2.68. The SMILES string of the molecule is Cl.N#CC1CN(c2ncnc3cc(Cl)c(-c4ccc(Cl)cc4)cc23)CCN1. The van der Waals surface area contributed by atoms with E-state index in [-0.39, 0.29) is 18.4 Å². The fourth-order valence-electron chi connectivity index (χ4n) is 3.20. The summed E-state index contributed by atoms with van der Waals surface area (Å²) in [6, 6.07) is 13.5. The number of piperazine rings is 1. The van der Waals surface area contributed by atoms with Crippen molar-refractivity contribution in [3.05, 3.63) is 52.8 Å². The van der Waals surface area contributed by atoms with Crippen molar-refractivity contribution in [3.63, 3.8) is 0 Å². The van der Waals surface area contributed by atoms with E-state index in [1.54, 1.807) is 6.33 Å². The lowest BCUT2D eigenvalue weighted by atomic mass is 10.0. The van der Waals surface area contributed by atoms with E-state index in [2.05, 4.69) is 26.3 Å². The Morgan fingerprint density at radius 2 is 1.93 bits per heavy atom. The van der Waals surface area contributed by atoms with Gasteiger partial charge in [-0.2, -0.15) is 5.26 Å². The number of benzene rings is 2. The van der Waals surface area contributed by atoms with Gasteiger partial charge in [0.1, 0.15) is 18.2 Å². The average molecular weight is 421 g/mol. The van der Waals surface area contributed by atoms with E-state index in [1.165, 1.54) is 0 Å². The molecule has 5 nitrogen and oxygen atoms in total. The number of rotatable bonds is 2. The maximum Gasteiger partial charge on any atom is 0.140 e. The first-order valence-electron chi connectivity index (χ1n) is 8.24. The molecule has 0 aliphatic carbocycles. The van der Waals surface area contributed by atoms with Crippen molar-refractivity contribution in [3.8, 4) is 17.2 Å². The summed E-state index contributed by atoms with van der Waals surface area (Å²) in [5, 5.41) is 14.6. The number of hydrogen-bond donors (Lipinski definition) is 1. The van der Waals surface area contributed by atoms with E-state index in [9.17, 15) is 5.26 Å². The highest BCUT2D eigenvalue weighted by molar-refractivity contribution is 6.34. The Kier molecular flexibility index (Phi) is 6.03. The molecule has 2 aromatic carbocycles. The van der Waals surface area contributed by atoms with Crippen molar-refractivity contribution in [1.29, 1.82) is 5.26 Å². The summed E-state index contributed by atoms with van der Waals surface area (Å²) < 4.78 is 0. The van der Waals surface area contributed by atoms with Crippen LogP contribution in [0.4, 0.5) is 5.82 Å². The molecule has 1 aliphatic rings. The van der Waals surface area contributed by atoms with E-state index >= 15 is 0 Å². The van der Waals surface area contributed by atoms with Crippen LogP contribution in [-0.2, 0) is 0 Å². The van der Waals surface area contributed by atoms with Crippen LogP contribution in [0.1, 0.15) is 0 Å². The molecule has 1 fully saturated rings. The Morgan fingerprint density at radius 3 is 2.67 bits per heavy atom. The van der Waals surface area contributed by atoms with Gasteiger partial charge < -0.3 is 4.90 Å². The molecule has 1 aliphatic heterocycles. The number of hydrogen-bond acceptors (Lipinski definition) is 5. The first-order chi connectivity index (χ1) is 12.7. The molecule has 1 unspecified atom stereocenters. The third-order valence-electron chi connectivity index (χ3n) is 4.49. The second-order valence-corrected chi connectivity index (χ2v) is 6.98. The van der Waals surface area contributed by atoms with Crippen LogP contribution in [0.2, 0.25) is 10.0 Å². The van der Waals surface area contributed by atoms with Crippen molar-refractivity contribution >= 4 is 52.3 Å². The number of nitriles is 1. The second-order valence-electron chi connectivity index (χ2n) is 6.14. The van der Waals surface area contributed by atoms with Gasteiger partial charge >= 0.3 is 0 Å². The summed E-state index contributed by atoms with van der Waals surface area (Å²) in [5.74, 6) is 0.823. The fraction of sp³-hybridized carbons (Fsp3) is 0.211. The molecule has 138 valence electrons. The van der Waals surface area contributed by atoms with Gasteiger partial charge in [-0.05, 0) is 29.8 Å². The highest BCUT2D eigenvalue weighted by Gasteiger charge is 2.22. The lowest BCUT2D eigenvalue weighted by Gasteiger charge is -2.32. The summed E-state index contributed by atoms with van der Waals surface area (Å²) in [6.07, 6.45) is 1.54. The smallest absolute Gasteiger partial charge is 0.140 e.